The first-order chi connectivity index (χ1) is 7.33. The molecule has 0 amide bonds. The zero-order valence-electron chi connectivity index (χ0n) is 10.9. The zero-order valence-corrected chi connectivity index (χ0v) is 10.9. The molecule has 16 heavy (non-hydrogen) atoms. The Hall–Kier alpha value is -1.09. The van der Waals surface area contributed by atoms with Crippen LogP contribution in [0.25, 0.3) is 0 Å². The molecule has 90 valence electrons. The van der Waals surface area contributed by atoms with E-state index in [4.69, 9.17) is 5.11 Å². The Morgan fingerprint density at radius 3 is 2.44 bits per heavy atom. The Morgan fingerprint density at radius 2 is 2.00 bits per heavy atom. The molecule has 0 aromatic carbocycles. The highest BCUT2D eigenvalue weighted by molar-refractivity contribution is 5.46. The van der Waals surface area contributed by atoms with Gasteiger partial charge in [0.1, 0.15) is 5.82 Å². The largest absolute Gasteiger partial charge is 0.392 e. The van der Waals surface area contributed by atoms with Crippen molar-refractivity contribution >= 4 is 5.82 Å². The smallest absolute Gasteiger partial charge is 0.131 e. The quantitative estimate of drug-likeness (QED) is 0.853. The van der Waals surface area contributed by atoms with Crippen LogP contribution >= 0.6 is 0 Å². The maximum Gasteiger partial charge on any atom is 0.131 e. The highest BCUT2D eigenvalue weighted by Crippen LogP contribution is 2.21. The molecule has 0 saturated heterocycles. The first-order valence-electron chi connectivity index (χ1n) is 5.61. The first-order valence-corrected chi connectivity index (χ1v) is 5.61. The third-order valence-corrected chi connectivity index (χ3v) is 2.36. The summed E-state index contributed by atoms with van der Waals surface area (Å²) >= 11 is 0. The number of rotatable bonds is 3. The van der Waals surface area contributed by atoms with Crippen molar-refractivity contribution in [2.75, 3.05) is 18.5 Å². The van der Waals surface area contributed by atoms with Gasteiger partial charge in [-0.3, -0.25) is 0 Å². The number of pyridine rings is 1. The van der Waals surface area contributed by atoms with Crippen molar-refractivity contribution in [3.8, 4) is 0 Å². The minimum absolute atomic E-state index is 0.0527. The molecule has 1 heterocycles. The topological polar surface area (TPSA) is 36.4 Å². The summed E-state index contributed by atoms with van der Waals surface area (Å²) in [6.07, 6.45) is 1.74. The summed E-state index contributed by atoms with van der Waals surface area (Å²) in [4.78, 5) is 6.56. The monoisotopic (exact) mass is 222 g/mol. The van der Waals surface area contributed by atoms with E-state index in [0.29, 0.717) is 0 Å². The molecule has 0 radical (unpaired) electrons. The van der Waals surface area contributed by atoms with Gasteiger partial charge < -0.3 is 10.0 Å². The number of aliphatic hydroxyl groups is 1. The van der Waals surface area contributed by atoms with Crippen molar-refractivity contribution in [3.63, 3.8) is 0 Å². The summed E-state index contributed by atoms with van der Waals surface area (Å²) in [7, 11) is 2.05. The molecular formula is C13H22N2O. The molecule has 1 rings (SSSR count). The molecule has 0 bridgehead atoms. The average molecular weight is 222 g/mol. The van der Waals surface area contributed by atoms with E-state index < -0.39 is 0 Å². The van der Waals surface area contributed by atoms with Crippen molar-refractivity contribution in [3.05, 3.63) is 23.4 Å². The predicted octanol–water partition coefficient (Wildman–Crippen LogP) is 2.36. The molecule has 1 aromatic heterocycles. The summed E-state index contributed by atoms with van der Waals surface area (Å²) < 4.78 is 0. The number of aryl methyl sites for hydroxylation is 1. The minimum Gasteiger partial charge on any atom is -0.392 e. The van der Waals surface area contributed by atoms with E-state index in [1.807, 2.05) is 13.0 Å². The van der Waals surface area contributed by atoms with Crippen LogP contribution in [-0.2, 0) is 6.61 Å². The molecule has 3 nitrogen and oxygen atoms in total. The molecule has 3 heteroatoms. The fourth-order valence-electron chi connectivity index (χ4n) is 1.90. The number of anilines is 1. The summed E-state index contributed by atoms with van der Waals surface area (Å²) in [5, 5.41) is 9.02. The Bertz CT molecular complexity index is 355. The third-order valence-electron chi connectivity index (χ3n) is 2.36. The van der Waals surface area contributed by atoms with Gasteiger partial charge in [-0.05, 0) is 29.5 Å². The van der Waals surface area contributed by atoms with Crippen LogP contribution in [0, 0.1) is 12.3 Å². The van der Waals surface area contributed by atoms with Crippen LogP contribution in [-0.4, -0.2) is 23.7 Å². The van der Waals surface area contributed by atoms with Crippen molar-refractivity contribution in [2.45, 2.75) is 34.3 Å². The van der Waals surface area contributed by atoms with Gasteiger partial charge in [0.15, 0.2) is 0 Å². The molecule has 1 N–H and O–H groups in total. The SMILES string of the molecule is Cc1cc(CO)cnc1N(C)CC(C)(C)C. The van der Waals surface area contributed by atoms with E-state index in [9.17, 15) is 0 Å². The molecule has 0 atom stereocenters. The van der Waals surface area contributed by atoms with Gasteiger partial charge in [-0.15, -0.1) is 0 Å². The Labute approximate surface area is 98.1 Å². The lowest BCUT2D eigenvalue weighted by Crippen LogP contribution is -2.30. The highest BCUT2D eigenvalue weighted by atomic mass is 16.3. The maximum atomic E-state index is 9.02. The average Bonchev–Trinajstić information content (AvgIpc) is 2.14. The molecule has 0 unspecified atom stereocenters. The lowest BCUT2D eigenvalue weighted by Gasteiger charge is -2.28. The van der Waals surface area contributed by atoms with Gasteiger partial charge in [0.05, 0.1) is 6.61 Å². The lowest BCUT2D eigenvalue weighted by atomic mass is 9.96. The summed E-state index contributed by atoms with van der Waals surface area (Å²) in [6.45, 7) is 9.67. The van der Waals surface area contributed by atoms with Crippen molar-refractivity contribution in [1.82, 2.24) is 4.98 Å². The summed E-state index contributed by atoms with van der Waals surface area (Å²) in [5.41, 5.74) is 2.22. The molecule has 0 aliphatic heterocycles. The van der Waals surface area contributed by atoms with Crippen molar-refractivity contribution in [2.24, 2.45) is 5.41 Å². The molecule has 0 fully saturated rings. The molecule has 0 saturated carbocycles. The standard InChI is InChI=1S/C13H22N2O/c1-10-6-11(8-16)7-14-12(10)15(5)9-13(2,3)4/h6-7,16H,8-9H2,1-5H3. The van der Waals surface area contributed by atoms with Crippen LogP contribution in [0.5, 0.6) is 0 Å². The van der Waals surface area contributed by atoms with Gasteiger partial charge in [0.2, 0.25) is 0 Å². The minimum atomic E-state index is 0.0527. The highest BCUT2D eigenvalue weighted by Gasteiger charge is 2.16. The number of aliphatic hydroxyl groups excluding tert-OH is 1. The predicted molar refractivity (Wildman–Crippen MR) is 67.6 cm³/mol. The van der Waals surface area contributed by atoms with Gasteiger partial charge in [0, 0.05) is 19.8 Å². The zero-order chi connectivity index (χ0) is 12.3. The Kier molecular flexibility index (Phi) is 3.92. The van der Waals surface area contributed by atoms with Crippen LogP contribution in [0.2, 0.25) is 0 Å². The van der Waals surface area contributed by atoms with E-state index in [-0.39, 0.29) is 12.0 Å². The summed E-state index contributed by atoms with van der Waals surface area (Å²) in [5.74, 6) is 0.993. The summed E-state index contributed by atoms with van der Waals surface area (Å²) in [6, 6.07) is 1.99. The van der Waals surface area contributed by atoms with Gasteiger partial charge >= 0.3 is 0 Å². The first kappa shape index (κ1) is 13.0. The Balaban J connectivity index is 2.88. The van der Waals surface area contributed by atoms with Crippen molar-refractivity contribution in [1.29, 1.82) is 0 Å². The second-order valence-electron chi connectivity index (χ2n) is 5.56. The van der Waals surface area contributed by atoms with Gasteiger partial charge in [0.25, 0.3) is 0 Å². The fraction of sp³-hybridized carbons (Fsp3) is 0.615. The molecule has 1 aromatic rings. The fourth-order valence-corrected chi connectivity index (χ4v) is 1.90. The molecule has 0 spiro atoms. The van der Waals surface area contributed by atoms with E-state index in [1.54, 1.807) is 6.20 Å². The molecule has 0 aliphatic rings. The van der Waals surface area contributed by atoms with E-state index in [0.717, 1.165) is 23.5 Å². The molecular weight excluding hydrogens is 200 g/mol. The van der Waals surface area contributed by atoms with Gasteiger partial charge in [-0.25, -0.2) is 4.98 Å². The Morgan fingerprint density at radius 1 is 1.38 bits per heavy atom. The van der Waals surface area contributed by atoms with Gasteiger partial charge in [-0.1, -0.05) is 20.8 Å². The second kappa shape index (κ2) is 4.83. The van der Waals surface area contributed by atoms with Crippen molar-refractivity contribution < 1.29 is 5.11 Å². The lowest BCUT2D eigenvalue weighted by molar-refractivity contribution is 0.281. The van der Waals surface area contributed by atoms with E-state index in [2.05, 4.69) is 37.7 Å². The second-order valence-corrected chi connectivity index (χ2v) is 5.56. The number of hydrogen-bond acceptors (Lipinski definition) is 3. The van der Waals surface area contributed by atoms with E-state index >= 15 is 0 Å². The van der Waals surface area contributed by atoms with Crippen LogP contribution in [0.15, 0.2) is 12.3 Å². The maximum absolute atomic E-state index is 9.02. The van der Waals surface area contributed by atoms with Crippen LogP contribution < -0.4 is 4.90 Å². The van der Waals surface area contributed by atoms with Crippen LogP contribution in [0.1, 0.15) is 31.9 Å². The number of aromatic nitrogens is 1. The molecule has 0 aliphatic carbocycles. The van der Waals surface area contributed by atoms with Crippen LogP contribution in [0.3, 0.4) is 0 Å². The number of hydrogen-bond donors (Lipinski definition) is 1. The number of nitrogens with zero attached hydrogens (tertiary/aromatic N) is 2. The van der Waals surface area contributed by atoms with Crippen LogP contribution in [0.4, 0.5) is 5.82 Å². The van der Waals surface area contributed by atoms with E-state index in [1.165, 1.54) is 0 Å². The van der Waals surface area contributed by atoms with Gasteiger partial charge in [-0.2, -0.15) is 0 Å². The third kappa shape index (κ3) is 3.49. The normalized spacial score (nSPS) is 11.6.